The van der Waals surface area contributed by atoms with E-state index in [1.165, 1.54) is 0 Å². The SMILES string of the molecule is C=C(S)C(=O)O.C=CC(=O)OC(C)(C)C. The molecule has 0 aliphatic carbocycles. The summed E-state index contributed by atoms with van der Waals surface area (Å²) < 4.78 is 4.83. The van der Waals surface area contributed by atoms with E-state index < -0.39 is 11.6 Å². The van der Waals surface area contributed by atoms with Crippen molar-refractivity contribution >= 4 is 24.6 Å². The van der Waals surface area contributed by atoms with Crippen molar-refractivity contribution in [1.29, 1.82) is 0 Å². The fourth-order valence-electron chi connectivity index (χ4n) is 0.343. The highest BCUT2D eigenvalue weighted by atomic mass is 32.1. The van der Waals surface area contributed by atoms with Crippen LogP contribution in [0.15, 0.2) is 24.1 Å². The Morgan fingerprint density at radius 3 is 1.80 bits per heavy atom. The van der Waals surface area contributed by atoms with E-state index >= 15 is 0 Å². The molecule has 0 saturated carbocycles. The molecule has 0 aliphatic heterocycles. The molecule has 4 nitrogen and oxygen atoms in total. The lowest BCUT2D eigenvalue weighted by atomic mass is 10.2. The largest absolute Gasteiger partial charge is 0.477 e. The van der Waals surface area contributed by atoms with Crippen molar-refractivity contribution in [2.75, 3.05) is 0 Å². The molecule has 0 amide bonds. The number of carbonyl (C=O) groups excluding carboxylic acids is 1. The first-order valence-electron chi connectivity index (χ1n) is 4.06. The van der Waals surface area contributed by atoms with E-state index in [4.69, 9.17) is 9.84 Å². The van der Waals surface area contributed by atoms with Crippen LogP contribution in [0.2, 0.25) is 0 Å². The van der Waals surface area contributed by atoms with Gasteiger partial charge in [-0.05, 0) is 20.8 Å². The predicted molar refractivity (Wildman–Crippen MR) is 61.8 cm³/mol. The summed E-state index contributed by atoms with van der Waals surface area (Å²) in [7, 11) is 0. The first kappa shape index (κ1) is 16.2. The van der Waals surface area contributed by atoms with Gasteiger partial charge in [0.05, 0.1) is 4.91 Å². The number of carbonyl (C=O) groups is 2. The molecule has 0 unspecified atom stereocenters. The van der Waals surface area contributed by atoms with E-state index in [2.05, 4.69) is 25.8 Å². The number of hydrogen-bond donors (Lipinski definition) is 2. The molecule has 0 rings (SSSR count). The van der Waals surface area contributed by atoms with Crippen molar-refractivity contribution in [2.24, 2.45) is 0 Å². The lowest BCUT2D eigenvalue weighted by molar-refractivity contribution is -0.148. The third-order valence-electron chi connectivity index (χ3n) is 0.820. The smallest absolute Gasteiger partial charge is 0.341 e. The van der Waals surface area contributed by atoms with Crippen LogP contribution in [0.25, 0.3) is 0 Å². The van der Waals surface area contributed by atoms with Crippen LogP contribution in [0, 0.1) is 0 Å². The monoisotopic (exact) mass is 232 g/mol. The first-order valence-corrected chi connectivity index (χ1v) is 4.51. The second-order valence-electron chi connectivity index (χ2n) is 3.49. The van der Waals surface area contributed by atoms with Gasteiger partial charge in [-0.1, -0.05) is 13.2 Å². The first-order chi connectivity index (χ1) is 6.60. The summed E-state index contributed by atoms with van der Waals surface area (Å²) in [5, 5.41) is 7.81. The van der Waals surface area contributed by atoms with E-state index in [0.29, 0.717) is 0 Å². The number of ether oxygens (including phenoxy) is 1. The van der Waals surface area contributed by atoms with E-state index in [1.54, 1.807) is 0 Å². The second kappa shape index (κ2) is 7.11. The molecular formula is C10H16O4S. The van der Waals surface area contributed by atoms with Crippen LogP contribution >= 0.6 is 12.6 Å². The zero-order valence-electron chi connectivity index (χ0n) is 9.11. The summed E-state index contributed by atoms with van der Waals surface area (Å²) in [5.41, 5.74) is -0.398. The molecule has 0 heterocycles. The molecule has 0 bridgehead atoms. The van der Waals surface area contributed by atoms with Crippen molar-refractivity contribution in [1.82, 2.24) is 0 Å². The minimum absolute atomic E-state index is 0.130. The second-order valence-corrected chi connectivity index (χ2v) is 4.03. The van der Waals surface area contributed by atoms with Crippen LogP contribution in [0.4, 0.5) is 0 Å². The minimum atomic E-state index is -1.07. The summed E-state index contributed by atoms with van der Waals surface area (Å²) in [4.78, 5) is 19.9. The maximum absolute atomic E-state index is 10.5. The quantitative estimate of drug-likeness (QED) is 0.434. The van der Waals surface area contributed by atoms with Crippen molar-refractivity contribution in [2.45, 2.75) is 26.4 Å². The van der Waals surface area contributed by atoms with Gasteiger partial charge in [-0.3, -0.25) is 0 Å². The fraction of sp³-hybridized carbons (Fsp3) is 0.400. The summed E-state index contributed by atoms with van der Waals surface area (Å²) in [6, 6.07) is 0. The molecule has 1 N–H and O–H groups in total. The molecule has 86 valence electrons. The van der Waals surface area contributed by atoms with Gasteiger partial charge in [-0.2, -0.15) is 0 Å². The maximum Gasteiger partial charge on any atom is 0.341 e. The topological polar surface area (TPSA) is 63.6 Å². The van der Waals surface area contributed by atoms with Crippen molar-refractivity contribution < 1.29 is 19.4 Å². The highest BCUT2D eigenvalue weighted by Crippen LogP contribution is 2.06. The number of thiol groups is 1. The average molecular weight is 232 g/mol. The van der Waals surface area contributed by atoms with Gasteiger partial charge in [0, 0.05) is 6.08 Å². The number of aliphatic carboxylic acids is 1. The van der Waals surface area contributed by atoms with Crippen LogP contribution in [0.1, 0.15) is 20.8 Å². The molecule has 0 radical (unpaired) electrons. The normalized spacial score (nSPS) is 9.33. The molecule has 0 aliphatic rings. The van der Waals surface area contributed by atoms with E-state index in [9.17, 15) is 9.59 Å². The zero-order valence-corrected chi connectivity index (χ0v) is 10.0. The third kappa shape index (κ3) is 15.5. The van der Waals surface area contributed by atoms with E-state index in [1.807, 2.05) is 20.8 Å². The molecule has 0 aromatic carbocycles. The number of carboxylic acid groups (broad SMARTS) is 1. The molecule has 0 aromatic rings. The molecule has 5 heteroatoms. The summed E-state index contributed by atoms with van der Waals surface area (Å²) >= 11 is 3.40. The standard InChI is InChI=1S/C7H12O2.C3H4O2S/c1-5-6(8)9-7(2,3)4;1-2(6)3(4)5/h5H,1H2,2-4H3;6H,1H2,(H,4,5). The van der Waals surface area contributed by atoms with Gasteiger partial charge in [0.25, 0.3) is 0 Å². The molecule has 0 atom stereocenters. The lowest BCUT2D eigenvalue weighted by Gasteiger charge is -2.17. The van der Waals surface area contributed by atoms with Gasteiger partial charge >= 0.3 is 11.9 Å². The Morgan fingerprint density at radius 1 is 1.40 bits per heavy atom. The predicted octanol–water partition coefficient (Wildman–Crippen LogP) is 2.03. The Kier molecular flexibility index (Phi) is 7.69. The number of rotatable bonds is 2. The van der Waals surface area contributed by atoms with Gasteiger partial charge in [-0.25, -0.2) is 9.59 Å². The summed E-state index contributed by atoms with van der Waals surface area (Å²) in [6.07, 6.45) is 1.16. The van der Waals surface area contributed by atoms with Gasteiger partial charge in [-0.15, -0.1) is 12.6 Å². The van der Waals surface area contributed by atoms with E-state index in [-0.39, 0.29) is 10.9 Å². The number of hydrogen-bond acceptors (Lipinski definition) is 4. The Hall–Kier alpha value is -1.23. The highest BCUT2D eigenvalue weighted by Gasteiger charge is 2.12. The van der Waals surface area contributed by atoms with Crippen LogP contribution in [-0.2, 0) is 14.3 Å². The Balaban J connectivity index is 0. The Bertz CT molecular complexity index is 251. The zero-order chi connectivity index (χ0) is 12.6. The third-order valence-corrected chi connectivity index (χ3v) is 1.01. The molecule has 15 heavy (non-hydrogen) atoms. The van der Waals surface area contributed by atoms with Crippen molar-refractivity contribution in [3.63, 3.8) is 0 Å². The van der Waals surface area contributed by atoms with Crippen LogP contribution in [0.5, 0.6) is 0 Å². The van der Waals surface area contributed by atoms with Crippen LogP contribution in [0.3, 0.4) is 0 Å². The number of esters is 1. The number of carboxylic acids is 1. The van der Waals surface area contributed by atoms with Gasteiger partial charge in [0.15, 0.2) is 0 Å². The summed E-state index contributed by atoms with van der Waals surface area (Å²) in [6.45, 7) is 11.7. The van der Waals surface area contributed by atoms with Crippen molar-refractivity contribution in [3.05, 3.63) is 24.1 Å². The Labute approximate surface area is 95.0 Å². The molecule has 0 saturated heterocycles. The van der Waals surface area contributed by atoms with Gasteiger partial charge < -0.3 is 9.84 Å². The molecule has 0 aromatic heterocycles. The van der Waals surface area contributed by atoms with Crippen molar-refractivity contribution in [3.8, 4) is 0 Å². The lowest BCUT2D eigenvalue weighted by Crippen LogP contribution is -2.22. The molecular weight excluding hydrogens is 216 g/mol. The fourth-order valence-corrected chi connectivity index (χ4v) is 0.343. The van der Waals surface area contributed by atoms with Gasteiger partial charge in [0.2, 0.25) is 0 Å². The maximum atomic E-state index is 10.5. The van der Waals surface area contributed by atoms with Crippen LogP contribution in [-0.4, -0.2) is 22.6 Å². The van der Waals surface area contributed by atoms with Crippen LogP contribution < -0.4 is 0 Å². The minimum Gasteiger partial charge on any atom is -0.477 e. The average Bonchev–Trinajstić information content (AvgIpc) is 2.02. The van der Waals surface area contributed by atoms with E-state index in [0.717, 1.165) is 6.08 Å². The van der Waals surface area contributed by atoms with Gasteiger partial charge in [0.1, 0.15) is 5.60 Å². The Morgan fingerprint density at radius 2 is 1.73 bits per heavy atom. The molecule has 0 spiro atoms. The summed E-state index contributed by atoms with van der Waals surface area (Å²) in [5.74, 6) is -1.44. The molecule has 0 fully saturated rings. The highest BCUT2D eigenvalue weighted by molar-refractivity contribution is 7.85.